The van der Waals surface area contributed by atoms with Crippen molar-refractivity contribution in [2.75, 3.05) is 0 Å². The third kappa shape index (κ3) is 4.39. The summed E-state index contributed by atoms with van der Waals surface area (Å²) in [6, 6.07) is 57.6. The van der Waals surface area contributed by atoms with Gasteiger partial charge in [-0.1, -0.05) is 109 Å². The van der Waals surface area contributed by atoms with Gasteiger partial charge in [0.25, 0.3) is 0 Å². The van der Waals surface area contributed by atoms with E-state index < -0.39 is 0 Å². The summed E-state index contributed by atoms with van der Waals surface area (Å²) in [5, 5.41) is 13.5. The van der Waals surface area contributed by atoms with Gasteiger partial charge in [0.2, 0.25) is 11.8 Å². The molecule has 0 bridgehead atoms. The number of aromatic nitrogens is 3. The van der Waals surface area contributed by atoms with E-state index in [2.05, 4.69) is 136 Å². The number of para-hydroxylation sites is 1. The minimum Gasteiger partial charge on any atom is -0.416 e. The fraction of sp³-hybridized carbons (Fsp3) is 0. The number of rotatable bonds is 5. The molecule has 9 rings (SSSR count). The lowest BCUT2D eigenvalue weighted by molar-refractivity contribution is 0.584. The van der Waals surface area contributed by atoms with Crippen molar-refractivity contribution < 1.29 is 4.42 Å². The number of fused-ring (bicyclic) bond motifs is 4. The minimum absolute atomic E-state index is 0.510. The van der Waals surface area contributed by atoms with Gasteiger partial charge in [0, 0.05) is 27.6 Å². The summed E-state index contributed by atoms with van der Waals surface area (Å²) in [6.07, 6.45) is 0. The molecule has 0 saturated carbocycles. The van der Waals surface area contributed by atoms with Crippen LogP contribution in [0.4, 0.5) is 0 Å². The lowest BCUT2D eigenvalue weighted by Gasteiger charge is -2.11. The molecular weight excluding hydrogens is 562 g/mol. The third-order valence-electron chi connectivity index (χ3n) is 8.81. The van der Waals surface area contributed by atoms with Crippen molar-refractivity contribution in [3.05, 3.63) is 164 Å². The molecule has 46 heavy (non-hydrogen) atoms. The average Bonchev–Trinajstić information content (AvgIpc) is 3.76. The maximum absolute atomic E-state index is 5.98. The van der Waals surface area contributed by atoms with Crippen LogP contribution in [0.3, 0.4) is 0 Å². The molecule has 2 aromatic heterocycles. The van der Waals surface area contributed by atoms with Crippen molar-refractivity contribution >= 4 is 32.6 Å². The van der Waals surface area contributed by atoms with Crippen LogP contribution in [0.15, 0.2) is 168 Å². The van der Waals surface area contributed by atoms with Gasteiger partial charge in [-0.2, -0.15) is 0 Å². The van der Waals surface area contributed by atoms with E-state index >= 15 is 0 Å². The molecule has 0 saturated heterocycles. The van der Waals surface area contributed by atoms with Crippen LogP contribution in [-0.2, 0) is 0 Å². The van der Waals surface area contributed by atoms with Crippen LogP contribution >= 0.6 is 0 Å². The molecule has 0 atom stereocenters. The highest BCUT2D eigenvalue weighted by molar-refractivity contribution is 6.10. The van der Waals surface area contributed by atoms with Gasteiger partial charge in [-0.15, -0.1) is 10.2 Å². The van der Waals surface area contributed by atoms with Crippen molar-refractivity contribution in [2.24, 2.45) is 0 Å². The number of benzene rings is 7. The van der Waals surface area contributed by atoms with E-state index in [4.69, 9.17) is 4.42 Å². The Hall–Kier alpha value is -6.26. The van der Waals surface area contributed by atoms with Crippen LogP contribution in [0.25, 0.3) is 83.4 Å². The fourth-order valence-electron chi connectivity index (χ4n) is 6.54. The van der Waals surface area contributed by atoms with Crippen LogP contribution in [-0.4, -0.2) is 14.8 Å². The highest BCUT2D eigenvalue weighted by Gasteiger charge is 2.15. The molecule has 9 aromatic rings. The van der Waals surface area contributed by atoms with Gasteiger partial charge < -0.3 is 8.98 Å². The molecule has 7 aromatic carbocycles. The standard InChI is InChI=1S/C42H27N3O/c1-2-10-31(11-3-1)41-43-44-42(46-41)32-19-17-28(18-20-32)33-23-26-40-38(27-33)37-14-6-7-16-39(37)45(40)34-24-21-30(22-25-34)36-15-8-12-29-9-4-5-13-35(29)36/h1-27H. The van der Waals surface area contributed by atoms with Gasteiger partial charge >= 0.3 is 0 Å². The van der Waals surface area contributed by atoms with E-state index in [0.717, 1.165) is 27.9 Å². The molecule has 0 aliphatic rings. The molecule has 4 heteroatoms. The molecule has 4 nitrogen and oxygen atoms in total. The molecule has 0 aliphatic carbocycles. The Labute approximate surface area is 265 Å². The Morgan fingerprint density at radius 1 is 0.391 bits per heavy atom. The highest BCUT2D eigenvalue weighted by Crippen LogP contribution is 2.36. The normalized spacial score (nSPS) is 11.5. The molecule has 0 unspecified atom stereocenters. The molecule has 0 radical (unpaired) electrons. The Bertz CT molecular complexity index is 2500. The predicted octanol–water partition coefficient (Wildman–Crippen LogP) is 11.0. The lowest BCUT2D eigenvalue weighted by Crippen LogP contribution is -1.94. The smallest absolute Gasteiger partial charge is 0.248 e. The number of hydrogen-bond acceptors (Lipinski definition) is 3. The second-order valence-corrected chi connectivity index (χ2v) is 11.5. The summed E-state index contributed by atoms with van der Waals surface area (Å²) in [5.74, 6) is 1.03. The van der Waals surface area contributed by atoms with Crippen molar-refractivity contribution in [2.45, 2.75) is 0 Å². The molecule has 0 aliphatic heterocycles. The van der Waals surface area contributed by atoms with E-state index in [1.54, 1.807) is 0 Å². The lowest BCUT2D eigenvalue weighted by atomic mass is 9.98. The first-order chi connectivity index (χ1) is 22.8. The van der Waals surface area contributed by atoms with Gasteiger partial charge in [-0.25, -0.2) is 0 Å². The van der Waals surface area contributed by atoms with E-state index in [9.17, 15) is 0 Å². The third-order valence-corrected chi connectivity index (χ3v) is 8.81. The minimum atomic E-state index is 0.510. The zero-order chi connectivity index (χ0) is 30.5. The van der Waals surface area contributed by atoms with Gasteiger partial charge in [0.15, 0.2) is 0 Å². The molecule has 0 amide bonds. The van der Waals surface area contributed by atoms with Crippen LogP contribution in [0.1, 0.15) is 0 Å². The summed E-state index contributed by atoms with van der Waals surface area (Å²) in [5.41, 5.74) is 10.1. The molecule has 2 heterocycles. The maximum atomic E-state index is 5.98. The van der Waals surface area contributed by atoms with Gasteiger partial charge in [-0.3, -0.25) is 0 Å². The summed E-state index contributed by atoms with van der Waals surface area (Å²) in [7, 11) is 0. The number of hydrogen-bond donors (Lipinski definition) is 0. The monoisotopic (exact) mass is 589 g/mol. The molecule has 0 N–H and O–H groups in total. The van der Waals surface area contributed by atoms with E-state index in [-0.39, 0.29) is 0 Å². The second-order valence-electron chi connectivity index (χ2n) is 11.5. The SMILES string of the molecule is c1ccc(-c2nnc(-c3ccc(-c4ccc5c(c4)c4ccccc4n5-c4ccc(-c5cccc6ccccc56)cc4)cc3)o2)cc1. The van der Waals surface area contributed by atoms with Crippen LogP contribution in [0.5, 0.6) is 0 Å². The summed E-state index contributed by atoms with van der Waals surface area (Å²) >= 11 is 0. The van der Waals surface area contributed by atoms with Gasteiger partial charge in [0.1, 0.15) is 0 Å². The van der Waals surface area contributed by atoms with Gasteiger partial charge in [-0.05, 0) is 87.6 Å². The molecule has 0 fully saturated rings. The van der Waals surface area contributed by atoms with Gasteiger partial charge in [0.05, 0.1) is 11.0 Å². The summed E-state index contributed by atoms with van der Waals surface area (Å²) in [6.45, 7) is 0. The summed E-state index contributed by atoms with van der Waals surface area (Å²) in [4.78, 5) is 0. The Morgan fingerprint density at radius 2 is 0.978 bits per heavy atom. The largest absolute Gasteiger partial charge is 0.416 e. The molecule has 0 spiro atoms. The van der Waals surface area contributed by atoms with Crippen LogP contribution in [0.2, 0.25) is 0 Å². The Balaban J connectivity index is 1.07. The second kappa shape index (κ2) is 10.7. The van der Waals surface area contributed by atoms with Crippen LogP contribution < -0.4 is 0 Å². The van der Waals surface area contributed by atoms with Crippen molar-refractivity contribution in [3.8, 4) is 50.8 Å². The van der Waals surface area contributed by atoms with Crippen LogP contribution in [0, 0.1) is 0 Å². The zero-order valence-electron chi connectivity index (χ0n) is 24.8. The topological polar surface area (TPSA) is 43.9 Å². The number of nitrogens with zero attached hydrogens (tertiary/aromatic N) is 3. The fourth-order valence-corrected chi connectivity index (χ4v) is 6.54. The first-order valence-corrected chi connectivity index (χ1v) is 15.4. The zero-order valence-corrected chi connectivity index (χ0v) is 24.8. The Morgan fingerprint density at radius 3 is 1.78 bits per heavy atom. The molecular formula is C42H27N3O. The summed E-state index contributed by atoms with van der Waals surface area (Å²) < 4.78 is 8.34. The first-order valence-electron chi connectivity index (χ1n) is 15.4. The highest BCUT2D eigenvalue weighted by atomic mass is 16.4. The quantitative estimate of drug-likeness (QED) is 0.201. The van der Waals surface area contributed by atoms with E-state index in [1.807, 2.05) is 42.5 Å². The van der Waals surface area contributed by atoms with Crippen molar-refractivity contribution in [1.29, 1.82) is 0 Å². The Kier molecular flexibility index (Phi) is 6.10. The maximum Gasteiger partial charge on any atom is 0.248 e. The molecule has 216 valence electrons. The van der Waals surface area contributed by atoms with E-state index in [1.165, 1.54) is 43.7 Å². The van der Waals surface area contributed by atoms with Crippen molar-refractivity contribution in [1.82, 2.24) is 14.8 Å². The van der Waals surface area contributed by atoms with Crippen molar-refractivity contribution in [3.63, 3.8) is 0 Å². The predicted molar refractivity (Wildman–Crippen MR) is 188 cm³/mol. The first kappa shape index (κ1) is 26.2. The van der Waals surface area contributed by atoms with E-state index in [0.29, 0.717) is 11.8 Å². The average molecular weight is 590 g/mol.